The van der Waals surface area contributed by atoms with Gasteiger partial charge < -0.3 is 19.5 Å². The van der Waals surface area contributed by atoms with E-state index in [-0.39, 0.29) is 23.8 Å². The molecule has 3 aromatic carbocycles. The predicted octanol–water partition coefficient (Wildman–Crippen LogP) is 4.85. The fraction of sp³-hybridized carbons (Fsp3) is 0.192. The smallest absolute Gasteiger partial charge is 0.262 e. The number of ether oxygens (including phenoxy) is 3. The number of benzene rings is 3. The average Bonchev–Trinajstić information content (AvgIpc) is 2.90. The maximum atomic E-state index is 13.5. The highest BCUT2D eigenvalue weighted by Crippen LogP contribution is 2.38. The highest BCUT2D eigenvalue weighted by atomic mass is 35.5. The first-order valence-corrected chi connectivity index (χ1v) is 12.3. The zero-order valence-corrected chi connectivity index (χ0v) is 21.5. The van der Waals surface area contributed by atoms with Crippen molar-refractivity contribution in [1.29, 1.82) is 0 Å². The molecule has 0 aliphatic heterocycles. The van der Waals surface area contributed by atoms with Gasteiger partial charge >= 0.3 is 0 Å². The molecule has 186 valence electrons. The van der Waals surface area contributed by atoms with E-state index in [0.717, 1.165) is 5.56 Å². The van der Waals surface area contributed by atoms with Crippen LogP contribution in [0.5, 0.6) is 17.2 Å². The summed E-state index contributed by atoms with van der Waals surface area (Å²) in [4.78, 5) is 30.7. The molecule has 1 aromatic heterocycles. The molecule has 0 fully saturated rings. The van der Waals surface area contributed by atoms with E-state index >= 15 is 0 Å². The van der Waals surface area contributed by atoms with E-state index in [0.29, 0.717) is 44.0 Å². The number of methoxy groups -OCH3 is 3. The van der Waals surface area contributed by atoms with Crippen LogP contribution in [0.4, 0.5) is 5.69 Å². The molecular formula is C26H24ClN3O5S. The summed E-state index contributed by atoms with van der Waals surface area (Å²) in [6, 6.07) is 17.5. The SMILES string of the molecule is COc1cc(Cn2c(SCC(=O)Nc3ccc(Cl)cc3)nc3ccccc3c2=O)cc(OC)c1OC. The summed E-state index contributed by atoms with van der Waals surface area (Å²) in [5.41, 5.74) is 1.72. The number of anilines is 1. The number of hydrogen-bond acceptors (Lipinski definition) is 7. The Morgan fingerprint density at radius 3 is 2.31 bits per heavy atom. The Morgan fingerprint density at radius 1 is 1.00 bits per heavy atom. The van der Waals surface area contributed by atoms with Gasteiger partial charge in [0, 0.05) is 10.7 Å². The van der Waals surface area contributed by atoms with Crippen molar-refractivity contribution in [3.63, 3.8) is 0 Å². The van der Waals surface area contributed by atoms with Crippen LogP contribution in [-0.4, -0.2) is 42.5 Å². The lowest BCUT2D eigenvalue weighted by molar-refractivity contribution is -0.113. The molecule has 1 heterocycles. The van der Waals surface area contributed by atoms with Crippen LogP contribution in [-0.2, 0) is 11.3 Å². The number of nitrogens with one attached hydrogen (secondary N) is 1. The third-order valence-corrected chi connectivity index (χ3v) is 6.58. The van der Waals surface area contributed by atoms with Crippen molar-refractivity contribution < 1.29 is 19.0 Å². The lowest BCUT2D eigenvalue weighted by atomic mass is 10.1. The minimum Gasteiger partial charge on any atom is -0.493 e. The quantitative estimate of drug-likeness (QED) is 0.246. The topological polar surface area (TPSA) is 91.7 Å². The van der Waals surface area contributed by atoms with Crippen molar-refractivity contribution in [3.05, 3.63) is 81.6 Å². The number of rotatable bonds is 9. The van der Waals surface area contributed by atoms with E-state index in [2.05, 4.69) is 10.3 Å². The van der Waals surface area contributed by atoms with Crippen molar-refractivity contribution in [2.24, 2.45) is 0 Å². The molecule has 0 aliphatic carbocycles. The molecule has 0 saturated carbocycles. The van der Waals surface area contributed by atoms with E-state index in [1.54, 1.807) is 59.2 Å². The molecule has 0 aliphatic rings. The molecule has 0 radical (unpaired) electrons. The number of amides is 1. The van der Waals surface area contributed by atoms with Gasteiger partial charge in [0.25, 0.3) is 5.56 Å². The van der Waals surface area contributed by atoms with Crippen LogP contribution in [0.15, 0.2) is 70.6 Å². The van der Waals surface area contributed by atoms with Crippen molar-refractivity contribution in [2.75, 3.05) is 32.4 Å². The van der Waals surface area contributed by atoms with E-state index in [4.69, 9.17) is 25.8 Å². The van der Waals surface area contributed by atoms with Crippen LogP contribution in [0.3, 0.4) is 0 Å². The number of aromatic nitrogens is 2. The zero-order chi connectivity index (χ0) is 25.7. The Morgan fingerprint density at radius 2 is 1.67 bits per heavy atom. The van der Waals surface area contributed by atoms with Gasteiger partial charge in [-0.1, -0.05) is 35.5 Å². The van der Waals surface area contributed by atoms with Gasteiger partial charge in [0.05, 0.1) is 44.5 Å². The molecule has 4 rings (SSSR count). The standard InChI is InChI=1S/C26H24ClN3O5S/c1-33-21-12-16(13-22(34-2)24(21)35-3)14-30-25(32)19-6-4-5-7-20(19)29-26(30)36-15-23(31)28-18-10-8-17(27)9-11-18/h4-13H,14-15H2,1-3H3,(H,28,31). The first-order chi connectivity index (χ1) is 17.4. The summed E-state index contributed by atoms with van der Waals surface area (Å²) in [7, 11) is 4.60. The van der Waals surface area contributed by atoms with Gasteiger partial charge in [-0.2, -0.15) is 0 Å². The molecule has 8 nitrogen and oxygen atoms in total. The van der Waals surface area contributed by atoms with Gasteiger partial charge in [0.2, 0.25) is 11.7 Å². The van der Waals surface area contributed by atoms with Crippen LogP contribution in [0.2, 0.25) is 5.02 Å². The summed E-state index contributed by atoms with van der Waals surface area (Å²) in [6.07, 6.45) is 0. The van der Waals surface area contributed by atoms with E-state index in [1.165, 1.54) is 33.1 Å². The normalized spacial score (nSPS) is 10.8. The second-order valence-corrected chi connectivity index (χ2v) is 9.06. The van der Waals surface area contributed by atoms with E-state index in [1.807, 2.05) is 6.07 Å². The summed E-state index contributed by atoms with van der Waals surface area (Å²) >= 11 is 7.09. The number of nitrogens with zero attached hydrogens (tertiary/aromatic N) is 2. The monoisotopic (exact) mass is 525 g/mol. The van der Waals surface area contributed by atoms with Crippen LogP contribution in [0.1, 0.15) is 5.56 Å². The first kappa shape index (κ1) is 25.4. The molecule has 1 N–H and O–H groups in total. The maximum Gasteiger partial charge on any atom is 0.262 e. The third-order valence-electron chi connectivity index (χ3n) is 5.35. The Bertz CT molecular complexity index is 1430. The van der Waals surface area contributed by atoms with Crippen molar-refractivity contribution in [2.45, 2.75) is 11.7 Å². The Balaban J connectivity index is 1.67. The number of thioether (sulfide) groups is 1. The molecule has 10 heteroatoms. The molecule has 36 heavy (non-hydrogen) atoms. The van der Waals surface area contributed by atoms with Gasteiger partial charge in [-0.25, -0.2) is 4.98 Å². The molecule has 4 aromatic rings. The largest absolute Gasteiger partial charge is 0.493 e. The molecule has 1 amide bonds. The van der Waals surface area contributed by atoms with Crippen LogP contribution in [0.25, 0.3) is 10.9 Å². The Labute approximate surface area is 217 Å². The summed E-state index contributed by atoms with van der Waals surface area (Å²) in [5, 5.41) is 4.31. The second kappa shape index (κ2) is 11.4. The minimum absolute atomic E-state index is 0.0582. The molecule has 0 spiro atoms. The highest BCUT2D eigenvalue weighted by Gasteiger charge is 2.17. The van der Waals surface area contributed by atoms with Gasteiger partial charge in [0.15, 0.2) is 16.7 Å². The first-order valence-electron chi connectivity index (χ1n) is 10.9. The average molecular weight is 526 g/mol. The fourth-order valence-corrected chi connectivity index (χ4v) is 4.59. The number of hydrogen-bond donors (Lipinski definition) is 1. The van der Waals surface area contributed by atoms with Gasteiger partial charge in [0.1, 0.15) is 0 Å². The molecule has 0 bridgehead atoms. The maximum absolute atomic E-state index is 13.5. The van der Waals surface area contributed by atoms with Gasteiger partial charge in [-0.15, -0.1) is 0 Å². The third kappa shape index (κ3) is 5.58. The number of carbonyl (C=O) groups is 1. The van der Waals surface area contributed by atoms with Crippen LogP contribution in [0, 0.1) is 0 Å². The molecule has 0 unspecified atom stereocenters. The zero-order valence-electron chi connectivity index (χ0n) is 19.9. The predicted molar refractivity (Wildman–Crippen MR) is 142 cm³/mol. The highest BCUT2D eigenvalue weighted by molar-refractivity contribution is 7.99. The summed E-state index contributed by atoms with van der Waals surface area (Å²) in [6.45, 7) is 0.189. The molecule has 0 saturated heterocycles. The van der Waals surface area contributed by atoms with Gasteiger partial charge in [-0.3, -0.25) is 14.2 Å². The van der Waals surface area contributed by atoms with Crippen molar-refractivity contribution >= 4 is 45.9 Å². The summed E-state index contributed by atoms with van der Waals surface area (Å²) in [5.74, 6) is 1.24. The molecular weight excluding hydrogens is 502 g/mol. The van der Waals surface area contributed by atoms with Crippen LogP contribution >= 0.6 is 23.4 Å². The lowest BCUT2D eigenvalue weighted by Crippen LogP contribution is -2.25. The molecule has 0 atom stereocenters. The second-order valence-electron chi connectivity index (χ2n) is 7.68. The number of halogens is 1. The van der Waals surface area contributed by atoms with Crippen LogP contribution < -0.4 is 25.1 Å². The number of carbonyl (C=O) groups excluding carboxylic acids is 1. The minimum atomic E-state index is -0.232. The Hall–Kier alpha value is -3.69. The lowest BCUT2D eigenvalue weighted by Gasteiger charge is -2.16. The Kier molecular flexibility index (Phi) is 8.02. The van der Waals surface area contributed by atoms with Gasteiger partial charge in [-0.05, 0) is 54.1 Å². The van der Waals surface area contributed by atoms with E-state index < -0.39 is 0 Å². The number of para-hydroxylation sites is 1. The van der Waals surface area contributed by atoms with E-state index in [9.17, 15) is 9.59 Å². The van der Waals surface area contributed by atoms with Crippen molar-refractivity contribution in [1.82, 2.24) is 9.55 Å². The number of fused-ring (bicyclic) bond motifs is 1. The fourth-order valence-electron chi connectivity index (χ4n) is 3.67. The van der Waals surface area contributed by atoms with Crippen molar-refractivity contribution in [3.8, 4) is 17.2 Å². The summed E-state index contributed by atoms with van der Waals surface area (Å²) < 4.78 is 17.9.